The van der Waals surface area contributed by atoms with Crippen LogP contribution in [0.2, 0.25) is 0 Å². The number of aliphatic hydroxyl groups excluding tert-OH is 2. The van der Waals surface area contributed by atoms with Crippen molar-refractivity contribution in [1.29, 1.82) is 0 Å². The van der Waals surface area contributed by atoms with E-state index < -0.39 is 6.10 Å². The van der Waals surface area contributed by atoms with Gasteiger partial charge in [-0.1, -0.05) is 185 Å². The first-order valence-electron chi connectivity index (χ1n) is 21.1. The third-order valence-corrected chi connectivity index (χ3v) is 9.07. The maximum Gasteiger partial charge on any atom is 0.305 e. The molecule has 0 spiro atoms. The Morgan fingerprint density at radius 2 is 0.922 bits per heavy atom. The van der Waals surface area contributed by atoms with Gasteiger partial charge in [-0.2, -0.15) is 0 Å². The largest absolute Gasteiger partial charge is 0.463 e. The van der Waals surface area contributed by atoms with E-state index in [1.54, 1.807) is 0 Å². The molecule has 296 valence electrons. The molecule has 2 N–H and O–H groups in total. The van der Waals surface area contributed by atoms with Gasteiger partial charge in [-0.25, -0.2) is 0 Å². The number of hydrogen-bond donors (Lipinski definition) is 2. The summed E-state index contributed by atoms with van der Waals surface area (Å²) in [4.78, 5) is 24.0. The van der Waals surface area contributed by atoms with Gasteiger partial charge in [-0.3, -0.25) is 9.59 Å². The van der Waals surface area contributed by atoms with E-state index in [9.17, 15) is 19.8 Å². The minimum absolute atomic E-state index is 0.142. The summed E-state index contributed by atoms with van der Waals surface area (Å²) in [6.45, 7) is 6.47. The molecule has 0 rings (SSSR count). The Morgan fingerprint density at radius 1 is 0.510 bits per heavy atom. The summed E-state index contributed by atoms with van der Waals surface area (Å²) >= 11 is 0. The van der Waals surface area contributed by atoms with Crippen LogP contribution in [0.5, 0.6) is 0 Å². The van der Waals surface area contributed by atoms with E-state index in [0.717, 1.165) is 70.1 Å². The molecule has 0 bridgehead atoms. The van der Waals surface area contributed by atoms with E-state index in [1.807, 2.05) is 12.2 Å². The zero-order valence-electron chi connectivity index (χ0n) is 33.4. The van der Waals surface area contributed by atoms with Crippen LogP contribution in [0.25, 0.3) is 0 Å². The van der Waals surface area contributed by atoms with E-state index in [-0.39, 0.29) is 31.3 Å². The first-order chi connectivity index (χ1) is 24.8. The predicted molar refractivity (Wildman–Crippen MR) is 216 cm³/mol. The Bertz CT molecular complexity index is 889. The number of unbranched alkanes of at least 4 members (excludes halogenated alkanes) is 17. The smallest absolute Gasteiger partial charge is 0.305 e. The van der Waals surface area contributed by atoms with Crippen LogP contribution in [-0.4, -0.2) is 47.6 Å². The summed E-state index contributed by atoms with van der Waals surface area (Å²) in [7, 11) is 0. The topological polar surface area (TPSA) is 93.1 Å². The zero-order chi connectivity index (χ0) is 37.5. The fraction of sp³-hybridized carbons (Fsp3) is 0.778. The second-order valence-corrected chi connectivity index (χ2v) is 14.8. The lowest BCUT2D eigenvalue weighted by Gasteiger charge is -2.12. The molecule has 6 heteroatoms. The molecule has 0 aliphatic rings. The first kappa shape index (κ1) is 48.8. The molecular weight excluding hydrogens is 636 g/mol. The van der Waals surface area contributed by atoms with Crippen LogP contribution in [0, 0.1) is 5.92 Å². The highest BCUT2D eigenvalue weighted by Gasteiger charge is 2.12. The van der Waals surface area contributed by atoms with E-state index in [4.69, 9.17) is 9.47 Å². The van der Waals surface area contributed by atoms with Crippen molar-refractivity contribution in [2.75, 3.05) is 13.2 Å². The van der Waals surface area contributed by atoms with Gasteiger partial charge in [0.15, 0.2) is 0 Å². The zero-order valence-corrected chi connectivity index (χ0v) is 33.4. The van der Waals surface area contributed by atoms with Crippen LogP contribution < -0.4 is 0 Å². The highest BCUT2D eigenvalue weighted by Crippen LogP contribution is 2.15. The predicted octanol–water partition coefficient (Wildman–Crippen LogP) is 12.2. The molecule has 51 heavy (non-hydrogen) atoms. The van der Waals surface area contributed by atoms with Gasteiger partial charge in [0.1, 0.15) is 19.3 Å². The molecule has 0 unspecified atom stereocenters. The van der Waals surface area contributed by atoms with Crippen LogP contribution >= 0.6 is 0 Å². The normalized spacial score (nSPS) is 13.4. The molecule has 0 aliphatic heterocycles. The van der Waals surface area contributed by atoms with Crippen molar-refractivity contribution in [1.82, 2.24) is 0 Å². The highest BCUT2D eigenvalue weighted by atomic mass is 16.6. The Morgan fingerprint density at radius 3 is 1.39 bits per heavy atom. The van der Waals surface area contributed by atoms with Crippen molar-refractivity contribution < 1.29 is 29.3 Å². The van der Waals surface area contributed by atoms with Gasteiger partial charge in [-0.05, 0) is 50.9 Å². The third kappa shape index (κ3) is 40.4. The van der Waals surface area contributed by atoms with Crippen LogP contribution in [0.1, 0.15) is 194 Å². The lowest BCUT2D eigenvalue weighted by molar-refractivity contribution is -0.152. The fourth-order valence-corrected chi connectivity index (χ4v) is 5.81. The van der Waals surface area contributed by atoms with Crippen molar-refractivity contribution in [2.24, 2.45) is 5.92 Å². The molecule has 0 heterocycles. The average Bonchev–Trinajstić information content (AvgIpc) is 3.11. The number of esters is 2. The minimum atomic E-state index is -0.997. The molecule has 0 saturated heterocycles. The summed E-state index contributed by atoms with van der Waals surface area (Å²) in [6.07, 6.45) is 45.1. The Kier molecular flexibility index (Phi) is 37.4. The Labute approximate surface area is 314 Å². The van der Waals surface area contributed by atoms with E-state index in [2.05, 4.69) is 57.2 Å². The van der Waals surface area contributed by atoms with Crippen LogP contribution in [0.3, 0.4) is 0 Å². The second kappa shape index (κ2) is 39.0. The van der Waals surface area contributed by atoms with Crippen molar-refractivity contribution in [3.8, 4) is 0 Å². The molecule has 2 atom stereocenters. The first-order valence-corrected chi connectivity index (χ1v) is 21.1. The van der Waals surface area contributed by atoms with E-state index >= 15 is 0 Å². The number of carbonyl (C=O) groups excluding carboxylic acids is 2. The lowest BCUT2D eigenvalue weighted by Crippen LogP contribution is -2.25. The number of aliphatic hydroxyl groups is 2. The summed E-state index contributed by atoms with van der Waals surface area (Å²) in [6, 6.07) is 0. The molecule has 0 radical (unpaired) electrons. The summed E-state index contributed by atoms with van der Waals surface area (Å²) in [5, 5.41) is 19.8. The minimum Gasteiger partial charge on any atom is -0.463 e. The van der Waals surface area contributed by atoms with Crippen LogP contribution in [-0.2, 0) is 19.1 Å². The maximum absolute atomic E-state index is 12.0. The standard InChI is InChI=1S/C45H80O6/c1-4-5-35-42(46)36-31-27-23-19-15-12-13-17-21-25-29-33-38-45(49)51-40-43(47)39-50-44(48)37-32-28-24-20-16-11-9-7-6-8-10-14-18-22-26-30-34-41(2)3/h12-13,19,21,23,25,31,36,41-43,46-47H,4-11,14-18,20,22,24,26-30,32-35,37-40H2,1-3H3/b13-12-,23-19-,25-21-,36-31-/t42-,43+/m0/s1. The number of rotatable bonds is 37. The molecule has 6 nitrogen and oxygen atoms in total. The Balaban J connectivity index is 3.53. The maximum atomic E-state index is 12.0. The summed E-state index contributed by atoms with van der Waals surface area (Å²) in [5.74, 6) is 0.206. The lowest BCUT2D eigenvalue weighted by atomic mass is 10.0. The molecule has 0 aromatic heterocycles. The molecule has 0 fully saturated rings. The second-order valence-electron chi connectivity index (χ2n) is 14.8. The molecule has 0 amide bonds. The quantitative estimate of drug-likeness (QED) is 0.0378. The molecule has 0 aromatic carbocycles. The number of hydrogen-bond acceptors (Lipinski definition) is 6. The van der Waals surface area contributed by atoms with Gasteiger partial charge >= 0.3 is 11.9 Å². The number of allylic oxidation sites excluding steroid dienone is 7. The summed E-state index contributed by atoms with van der Waals surface area (Å²) < 4.78 is 10.3. The highest BCUT2D eigenvalue weighted by molar-refractivity contribution is 5.69. The van der Waals surface area contributed by atoms with Crippen molar-refractivity contribution in [3.05, 3.63) is 48.6 Å². The summed E-state index contributed by atoms with van der Waals surface area (Å²) in [5.41, 5.74) is 0. The fourth-order valence-electron chi connectivity index (χ4n) is 5.81. The third-order valence-electron chi connectivity index (χ3n) is 9.07. The molecular formula is C45H80O6. The van der Waals surface area contributed by atoms with Crippen LogP contribution in [0.15, 0.2) is 48.6 Å². The van der Waals surface area contributed by atoms with Gasteiger partial charge in [-0.15, -0.1) is 0 Å². The van der Waals surface area contributed by atoms with Crippen molar-refractivity contribution in [3.63, 3.8) is 0 Å². The molecule has 0 aliphatic carbocycles. The van der Waals surface area contributed by atoms with Crippen molar-refractivity contribution >= 4 is 11.9 Å². The van der Waals surface area contributed by atoms with Crippen LogP contribution in [0.4, 0.5) is 0 Å². The SMILES string of the molecule is CCCC[C@H](O)/C=C\C/C=C\C/C=C\C/C=C\CCCC(=O)OC[C@H](O)COC(=O)CCCCCCCCCCCCCCCCCCC(C)C. The van der Waals surface area contributed by atoms with Gasteiger partial charge in [0, 0.05) is 12.8 Å². The van der Waals surface area contributed by atoms with Gasteiger partial charge in [0.2, 0.25) is 0 Å². The molecule has 0 saturated carbocycles. The monoisotopic (exact) mass is 717 g/mol. The number of ether oxygens (including phenoxy) is 2. The van der Waals surface area contributed by atoms with Gasteiger partial charge < -0.3 is 19.7 Å². The number of carbonyl (C=O) groups is 2. The van der Waals surface area contributed by atoms with Gasteiger partial charge in [0.05, 0.1) is 6.10 Å². The van der Waals surface area contributed by atoms with Gasteiger partial charge in [0.25, 0.3) is 0 Å². The van der Waals surface area contributed by atoms with Crippen molar-refractivity contribution in [2.45, 2.75) is 206 Å². The Hall–Kier alpha value is -2.18. The average molecular weight is 717 g/mol. The van der Waals surface area contributed by atoms with E-state index in [1.165, 1.54) is 89.9 Å². The molecule has 0 aromatic rings. The van der Waals surface area contributed by atoms with E-state index in [0.29, 0.717) is 19.3 Å².